The highest BCUT2D eigenvalue weighted by Crippen LogP contribution is 2.26. The Morgan fingerprint density at radius 3 is 2.74 bits per heavy atom. The van der Waals surface area contributed by atoms with E-state index < -0.39 is 0 Å². The van der Waals surface area contributed by atoms with Crippen LogP contribution < -0.4 is 5.32 Å². The van der Waals surface area contributed by atoms with Gasteiger partial charge in [0, 0.05) is 24.5 Å². The topological polar surface area (TPSA) is 41.6 Å². The standard InChI is InChI=1S/C22H28N2O2S/c25-22(15-17-7-8-18-4-1-2-5-19(18)14-17)23-16-20(21-6-3-13-27-21)24-9-11-26-12-10-24/h3,6-8,13-14,20H,1-2,4-5,9-12,15-16H2,(H,23,25)/t20-/m1/s1. The number of carbonyl (C=O) groups is 1. The summed E-state index contributed by atoms with van der Waals surface area (Å²) in [6.07, 6.45) is 5.36. The molecule has 2 aromatic rings. The van der Waals surface area contributed by atoms with Crippen LogP contribution in [0.2, 0.25) is 0 Å². The van der Waals surface area contributed by atoms with Gasteiger partial charge >= 0.3 is 0 Å². The summed E-state index contributed by atoms with van der Waals surface area (Å²) in [5.74, 6) is 0.112. The van der Waals surface area contributed by atoms with E-state index in [1.807, 2.05) is 0 Å². The third kappa shape index (κ3) is 4.78. The van der Waals surface area contributed by atoms with Crippen molar-refractivity contribution < 1.29 is 9.53 Å². The molecule has 0 radical (unpaired) electrons. The van der Waals surface area contributed by atoms with Gasteiger partial charge in [0.25, 0.3) is 0 Å². The molecule has 1 fully saturated rings. The molecule has 1 aliphatic heterocycles. The van der Waals surface area contributed by atoms with Crippen LogP contribution in [-0.2, 0) is 28.8 Å². The largest absolute Gasteiger partial charge is 0.379 e. The van der Waals surface area contributed by atoms with E-state index in [0.717, 1.165) is 38.3 Å². The van der Waals surface area contributed by atoms with Crippen molar-refractivity contribution >= 4 is 17.2 Å². The quantitative estimate of drug-likeness (QED) is 0.830. The average molecular weight is 385 g/mol. The van der Waals surface area contributed by atoms with Gasteiger partial charge in [0.1, 0.15) is 0 Å². The molecule has 1 aromatic heterocycles. The van der Waals surface area contributed by atoms with E-state index in [1.54, 1.807) is 11.3 Å². The van der Waals surface area contributed by atoms with E-state index >= 15 is 0 Å². The lowest BCUT2D eigenvalue weighted by Crippen LogP contribution is -2.43. The molecule has 1 aromatic carbocycles. The van der Waals surface area contributed by atoms with Crippen LogP contribution in [0.25, 0.3) is 0 Å². The van der Waals surface area contributed by atoms with Gasteiger partial charge in [-0.05, 0) is 53.8 Å². The third-order valence-electron chi connectivity index (χ3n) is 5.63. The van der Waals surface area contributed by atoms with E-state index in [1.165, 1.54) is 35.3 Å². The van der Waals surface area contributed by atoms with Crippen molar-refractivity contribution in [2.24, 2.45) is 0 Å². The van der Waals surface area contributed by atoms with Gasteiger partial charge in [-0.3, -0.25) is 9.69 Å². The molecule has 5 heteroatoms. The first kappa shape index (κ1) is 18.7. The highest BCUT2D eigenvalue weighted by atomic mass is 32.1. The molecule has 1 N–H and O–H groups in total. The Morgan fingerprint density at radius 2 is 1.96 bits per heavy atom. The predicted octanol–water partition coefficient (Wildman–Crippen LogP) is 3.36. The summed E-state index contributed by atoms with van der Waals surface area (Å²) in [5.41, 5.74) is 4.04. The van der Waals surface area contributed by atoms with Gasteiger partial charge in [-0.2, -0.15) is 0 Å². The van der Waals surface area contributed by atoms with Gasteiger partial charge in [0.15, 0.2) is 0 Å². The Balaban J connectivity index is 1.36. The summed E-state index contributed by atoms with van der Waals surface area (Å²) in [7, 11) is 0. The normalized spacial score (nSPS) is 18.7. The van der Waals surface area contributed by atoms with Crippen LogP contribution in [0.15, 0.2) is 35.7 Å². The number of morpholine rings is 1. The molecule has 2 heterocycles. The summed E-state index contributed by atoms with van der Waals surface area (Å²) in [6, 6.07) is 11.1. The Kier molecular flexibility index (Phi) is 6.22. The van der Waals surface area contributed by atoms with E-state index in [-0.39, 0.29) is 11.9 Å². The number of hydrogen-bond acceptors (Lipinski definition) is 4. The molecular formula is C22H28N2O2S. The zero-order chi connectivity index (χ0) is 18.5. The van der Waals surface area contributed by atoms with Crippen molar-refractivity contribution in [3.63, 3.8) is 0 Å². The molecule has 4 rings (SSSR count). The van der Waals surface area contributed by atoms with Gasteiger partial charge in [-0.15, -0.1) is 11.3 Å². The second-order valence-corrected chi connectivity index (χ2v) is 8.45. The number of hydrogen-bond donors (Lipinski definition) is 1. The molecule has 1 aliphatic carbocycles. The van der Waals surface area contributed by atoms with Crippen molar-refractivity contribution in [3.05, 3.63) is 57.3 Å². The van der Waals surface area contributed by atoms with Gasteiger partial charge in [0.05, 0.1) is 25.7 Å². The second kappa shape index (κ2) is 9.00. The molecule has 2 aliphatic rings. The Bertz CT molecular complexity index is 754. The van der Waals surface area contributed by atoms with Gasteiger partial charge < -0.3 is 10.1 Å². The lowest BCUT2D eigenvalue weighted by atomic mass is 9.90. The number of fused-ring (bicyclic) bond motifs is 1. The molecular weight excluding hydrogens is 356 g/mol. The minimum Gasteiger partial charge on any atom is -0.379 e. The minimum atomic E-state index is 0.112. The summed E-state index contributed by atoms with van der Waals surface area (Å²) < 4.78 is 5.49. The van der Waals surface area contributed by atoms with Crippen molar-refractivity contribution in [3.8, 4) is 0 Å². The Hall–Kier alpha value is -1.69. The number of thiophene rings is 1. The average Bonchev–Trinajstić information content (AvgIpc) is 3.23. The van der Waals surface area contributed by atoms with E-state index in [0.29, 0.717) is 13.0 Å². The first-order valence-corrected chi connectivity index (χ1v) is 10.9. The number of aryl methyl sites for hydroxylation is 2. The number of nitrogens with one attached hydrogen (secondary N) is 1. The zero-order valence-electron chi connectivity index (χ0n) is 15.8. The smallest absolute Gasteiger partial charge is 0.224 e. The summed E-state index contributed by atoms with van der Waals surface area (Å²) in [5, 5.41) is 5.29. The maximum Gasteiger partial charge on any atom is 0.224 e. The number of rotatable bonds is 6. The molecule has 27 heavy (non-hydrogen) atoms. The van der Waals surface area contributed by atoms with Crippen molar-refractivity contribution in [2.75, 3.05) is 32.8 Å². The number of amides is 1. The van der Waals surface area contributed by atoms with Crippen LogP contribution in [0.5, 0.6) is 0 Å². The highest BCUT2D eigenvalue weighted by molar-refractivity contribution is 7.10. The zero-order valence-corrected chi connectivity index (χ0v) is 16.6. The number of carbonyl (C=O) groups excluding carboxylic acids is 1. The molecule has 4 nitrogen and oxygen atoms in total. The molecule has 0 unspecified atom stereocenters. The van der Waals surface area contributed by atoms with Crippen molar-refractivity contribution in [1.29, 1.82) is 0 Å². The molecule has 1 amide bonds. The first-order chi connectivity index (χ1) is 13.3. The van der Waals surface area contributed by atoms with E-state index in [4.69, 9.17) is 4.74 Å². The fourth-order valence-corrected chi connectivity index (χ4v) is 5.00. The molecule has 0 spiro atoms. The maximum absolute atomic E-state index is 12.6. The molecule has 0 saturated carbocycles. The van der Waals surface area contributed by atoms with Crippen LogP contribution in [0.1, 0.15) is 40.5 Å². The number of nitrogens with zero attached hydrogens (tertiary/aromatic N) is 1. The highest BCUT2D eigenvalue weighted by Gasteiger charge is 2.24. The SMILES string of the molecule is O=C(Cc1ccc2c(c1)CCCC2)NC[C@H](c1cccs1)N1CCOCC1. The second-order valence-electron chi connectivity index (χ2n) is 7.47. The number of ether oxygens (including phenoxy) is 1. The van der Waals surface area contributed by atoms with Crippen LogP contribution >= 0.6 is 11.3 Å². The number of benzene rings is 1. The fraction of sp³-hybridized carbons (Fsp3) is 0.500. The minimum absolute atomic E-state index is 0.112. The summed E-state index contributed by atoms with van der Waals surface area (Å²) in [4.78, 5) is 16.3. The first-order valence-electron chi connectivity index (χ1n) is 10.0. The van der Waals surface area contributed by atoms with Crippen LogP contribution in [0.4, 0.5) is 0 Å². The van der Waals surface area contributed by atoms with Gasteiger partial charge in [0.2, 0.25) is 5.91 Å². The van der Waals surface area contributed by atoms with E-state index in [2.05, 4.69) is 45.9 Å². The van der Waals surface area contributed by atoms with Crippen LogP contribution in [0, 0.1) is 0 Å². The summed E-state index contributed by atoms with van der Waals surface area (Å²) in [6.45, 7) is 4.03. The van der Waals surface area contributed by atoms with Crippen molar-refractivity contribution in [2.45, 2.75) is 38.1 Å². The van der Waals surface area contributed by atoms with E-state index in [9.17, 15) is 4.79 Å². The molecule has 1 atom stereocenters. The van der Waals surface area contributed by atoms with Gasteiger partial charge in [-0.25, -0.2) is 0 Å². The monoisotopic (exact) mass is 384 g/mol. The maximum atomic E-state index is 12.6. The van der Waals surface area contributed by atoms with Gasteiger partial charge in [-0.1, -0.05) is 24.3 Å². The van der Waals surface area contributed by atoms with Crippen LogP contribution in [0.3, 0.4) is 0 Å². The molecule has 0 bridgehead atoms. The Morgan fingerprint density at radius 1 is 1.15 bits per heavy atom. The van der Waals surface area contributed by atoms with Crippen molar-refractivity contribution in [1.82, 2.24) is 10.2 Å². The Labute approximate surface area is 165 Å². The molecule has 144 valence electrons. The third-order valence-corrected chi connectivity index (χ3v) is 6.60. The van der Waals surface area contributed by atoms with Crippen LogP contribution in [-0.4, -0.2) is 43.7 Å². The lowest BCUT2D eigenvalue weighted by molar-refractivity contribution is -0.120. The lowest BCUT2D eigenvalue weighted by Gasteiger charge is -2.34. The predicted molar refractivity (Wildman–Crippen MR) is 109 cm³/mol. The molecule has 1 saturated heterocycles. The summed E-state index contributed by atoms with van der Waals surface area (Å²) >= 11 is 1.76. The fourth-order valence-electron chi connectivity index (χ4n) is 4.13.